The van der Waals surface area contributed by atoms with Crippen molar-refractivity contribution < 1.29 is 13.9 Å². The zero-order valence-corrected chi connectivity index (χ0v) is 23.4. The number of rotatable bonds is 7. The summed E-state index contributed by atoms with van der Waals surface area (Å²) in [4.78, 5) is 12.3. The van der Waals surface area contributed by atoms with Crippen LogP contribution in [0, 0.1) is 23.6 Å². The molecule has 2 aromatic heterocycles. The minimum atomic E-state index is -0.297. The van der Waals surface area contributed by atoms with Gasteiger partial charge in [0.25, 0.3) is 0 Å². The Morgan fingerprint density at radius 3 is 2.92 bits per heavy atom. The van der Waals surface area contributed by atoms with E-state index in [0.717, 1.165) is 72.2 Å². The fourth-order valence-corrected chi connectivity index (χ4v) is 6.14. The van der Waals surface area contributed by atoms with Crippen molar-refractivity contribution in [2.24, 2.45) is 5.92 Å². The zero-order valence-electron chi connectivity index (χ0n) is 21.8. The number of benzene rings is 2. The fraction of sp³-hybridized carbons (Fsp3) is 0.333. The molecule has 7 nitrogen and oxygen atoms in total. The number of aromatic nitrogens is 2. The van der Waals surface area contributed by atoms with Gasteiger partial charge in [0.05, 0.1) is 39.4 Å². The largest absolute Gasteiger partial charge is 0.487 e. The molecule has 6 rings (SSSR count). The summed E-state index contributed by atoms with van der Waals surface area (Å²) in [5, 5.41) is 7.36. The normalized spacial score (nSPS) is 19.4. The standard InChI is InChI=1S/C30H29ClFN5O2S/c31-26-14-24(5-7-28(26)39-18-20-2-1-3-22(32)12-20)36-30-29-27(34-19-35-30)15-25(40-29)6-4-23-13-21(16-33-23)17-37-8-10-38-11-9-37/h1-3,5,7,12,14-15,19,21,23,33H,8-11,13,16-18H2,(H,34,35,36)/t21-,23+/m0/s1. The second-order valence-corrected chi connectivity index (χ2v) is 11.4. The topological polar surface area (TPSA) is 71.5 Å². The Morgan fingerprint density at radius 1 is 1.18 bits per heavy atom. The molecule has 2 fully saturated rings. The molecule has 0 aliphatic carbocycles. The summed E-state index contributed by atoms with van der Waals surface area (Å²) in [6.07, 6.45) is 2.60. The number of morpholine rings is 1. The van der Waals surface area contributed by atoms with E-state index in [1.54, 1.807) is 41.9 Å². The van der Waals surface area contributed by atoms with E-state index >= 15 is 0 Å². The van der Waals surface area contributed by atoms with Crippen molar-refractivity contribution in [3.8, 4) is 17.6 Å². The highest BCUT2D eigenvalue weighted by atomic mass is 35.5. The van der Waals surface area contributed by atoms with Gasteiger partial charge in [-0.15, -0.1) is 11.3 Å². The highest BCUT2D eigenvalue weighted by Gasteiger charge is 2.25. The molecule has 206 valence electrons. The number of hydrogen-bond donors (Lipinski definition) is 2. The zero-order chi connectivity index (χ0) is 27.3. The van der Waals surface area contributed by atoms with Crippen LogP contribution in [0.4, 0.5) is 15.9 Å². The van der Waals surface area contributed by atoms with Gasteiger partial charge in [-0.2, -0.15) is 0 Å². The molecule has 0 saturated carbocycles. The smallest absolute Gasteiger partial charge is 0.151 e. The second-order valence-electron chi connectivity index (χ2n) is 9.98. The lowest BCUT2D eigenvalue weighted by Crippen LogP contribution is -2.39. The predicted octanol–water partition coefficient (Wildman–Crippen LogP) is 5.47. The number of fused-ring (bicyclic) bond motifs is 1. The van der Waals surface area contributed by atoms with Crippen LogP contribution in [0.3, 0.4) is 0 Å². The van der Waals surface area contributed by atoms with Crippen molar-refractivity contribution in [2.45, 2.75) is 19.1 Å². The van der Waals surface area contributed by atoms with Gasteiger partial charge in [0, 0.05) is 31.9 Å². The van der Waals surface area contributed by atoms with E-state index in [9.17, 15) is 4.39 Å². The molecule has 40 heavy (non-hydrogen) atoms. The predicted molar refractivity (Wildman–Crippen MR) is 157 cm³/mol. The van der Waals surface area contributed by atoms with E-state index in [2.05, 4.69) is 37.3 Å². The van der Waals surface area contributed by atoms with Crippen molar-refractivity contribution in [3.05, 3.63) is 76.1 Å². The molecule has 4 aromatic rings. The second kappa shape index (κ2) is 12.5. The van der Waals surface area contributed by atoms with Crippen LogP contribution in [0.15, 0.2) is 54.9 Å². The Labute approximate surface area is 241 Å². The molecular formula is C30H29ClFN5O2S. The maximum atomic E-state index is 13.4. The Balaban J connectivity index is 1.09. The average molecular weight is 578 g/mol. The van der Waals surface area contributed by atoms with Crippen LogP contribution in [0.2, 0.25) is 5.02 Å². The fourth-order valence-electron chi connectivity index (χ4n) is 4.99. The first-order valence-corrected chi connectivity index (χ1v) is 14.5. The molecular weight excluding hydrogens is 549 g/mol. The van der Waals surface area contributed by atoms with Crippen molar-refractivity contribution in [1.82, 2.24) is 20.2 Å². The molecule has 2 saturated heterocycles. The van der Waals surface area contributed by atoms with E-state index in [-0.39, 0.29) is 18.5 Å². The summed E-state index contributed by atoms with van der Waals surface area (Å²) in [6, 6.07) is 14.0. The van der Waals surface area contributed by atoms with Crippen molar-refractivity contribution in [3.63, 3.8) is 0 Å². The molecule has 0 radical (unpaired) electrons. The van der Waals surface area contributed by atoms with Crippen LogP contribution < -0.4 is 15.4 Å². The first-order chi connectivity index (χ1) is 19.6. The Hall–Kier alpha value is -3.26. The summed E-state index contributed by atoms with van der Waals surface area (Å²) < 4.78 is 25.6. The van der Waals surface area contributed by atoms with Crippen LogP contribution in [0.5, 0.6) is 5.75 Å². The van der Waals surface area contributed by atoms with Gasteiger partial charge >= 0.3 is 0 Å². The molecule has 0 unspecified atom stereocenters. The highest BCUT2D eigenvalue weighted by Crippen LogP contribution is 2.33. The Morgan fingerprint density at radius 2 is 2.08 bits per heavy atom. The van der Waals surface area contributed by atoms with Crippen molar-refractivity contribution >= 4 is 44.7 Å². The number of thiophene rings is 1. The van der Waals surface area contributed by atoms with Gasteiger partial charge in [-0.1, -0.05) is 35.6 Å². The lowest BCUT2D eigenvalue weighted by molar-refractivity contribution is 0.0318. The van der Waals surface area contributed by atoms with Crippen LogP contribution in [0.1, 0.15) is 16.9 Å². The highest BCUT2D eigenvalue weighted by molar-refractivity contribution is 7.20. The molecule has 0 bridgehead atoms. The van der Waals surface area contributed by atoms with Crippen LogP contribution in [-0.2, 0) is 11.3 Å². The molecule has 2 aromatic carbocycles. The van der Waals surface area contributed by atoms with Gasteiger partial charge in [0.1, 0.15) is 24.5 Å². The van der Waals surface area contributed by atoms with E-state index in [0.29, 0.717) is 22.5 Å². The van der Waals surface area contributed by atoms with Gasteiger partial charge in [0.2, 0.25) is 0 Å². The molecule has 2 atom stereocenters. The quantitative estimate of drug-likeness (QED) is 0.282. The summed E-state index contributed by atoms with van der Waals surface area (Å²) in [5.41, 5.74) is 2.35. The van der Waals surface area contributed by atoms with Crippen molar-refractivity contribution in [2.75, 3.05) is 44.7 Å². The maximum absolute atomic E-state index is 13.4. The van der Waals surface area contributed by atoms with Crippen LogP contribution >= 0.6 is 22.9 Å². The number of anilines is 2. The van der Waals surface area contributed by atoms with Crippen LogP contribution in [-0.4, -0.2) is 60.3 Å². The lowest BCUT2D eigenvalue weighted by atomic mass is 10.0. The molecule has 2 aliphatic rings. The van der Waals surface area contributed by atoms with E-state index < -0.39 is 0 Å². The van der Waals surface area contributed by atoms with Crippen LogP contribution in [0.25, 0.3) is 10.2 Å². The SMILES string of the molecule is Fc1cccc(COc2ccc(Nc3ncnc4cc(C#C[C@@H]5C[C@H](CN6CCOCC6)CN5)sc34)cc2Cl)c1. The van der Waals surface area contributed by atoms with Gasteiger partial charge in [-0.05, 0) is 54.3 Å². The monoisotopic (exact) mass is 577 g/mol. The minimum Gasteiger partial charge on any atom is -0.487 e. The lowest BCUT2D eigenvalue weighted by Gasteiger charge is -2.28. The molecule has 2 aliphatic heterocycles. The third kappa shape index (κ3) is 6.72. The number of nitrogens with one attached hydrogen (secondary N) is 2. The number of hydrogen-bond acceptors (Lipinski definition) is 8. The number of halogens is 2. The summed E-state index contributed by atoms with van der Waals surface area (Å²) >= 11 is 8.05. The minimum absolute atomic E-state index is 0.198. The Kier molecular flexibility index (Phi) is 8.42. The van der Waals surface area contributed by atoms with Gasteiger partial charge < -0.3 is 20.1 Å². The molecule has 2 N–H and O–H groups in total. The van der Waals surface area contributed by atoms with Crippen molar-refractivity contribution in [1.29, 1.82) is 0 Å². The van der Waals surface area contributed by atoms with Gasteiger partial charge in [-0.25, -0.2) is 14.4 Å². The first kappa shape index (κ1) is 26.9. The summed E-state index contributed by atoms with van der Waals surface area (Å²) in [6.45, 7) is 6.03. The molecule has 0 amide bonds. The van der Waals surface area contributed by atoms with E-state index in [4.69, 9.17) is 21.1 Å². The number of nitrogens with zero attached hydrogens (tertiary/aromatic N) is 3. The summed E-state index contributed by atoms with van der Waals surface area (Å²) in [7, 11) is 0. The summed E-state index contributed by atoms with van der Waals surface area (Å²) in [5.74, 6) is 8.31. The van der Waals surface area contributed by atoms with E-state index in [1.807, 2.05) is 12.1 Å². The third-order valence-electron chi connectivity index (χ3n) is 7.00. The molecule has 4 heterocycles. The maximum Gasteiger partial charge on any atom is 0.151 e. The average Bonchev–Trinajstić information content (AvgIpc) is 3.59. The molecule has 0 spiro atoms. The van der Waals surface area contributed by atoms with E-state index in [1.165, 1.54) is 12.1 Å². The first-order valence-electron chi connectivity index (χ1n) is 13.3. The van der Waals surface area contributed by atoms with Gasteiger partial charge in [-0.3, -0.25) is 4.90 Å². The Bertz CT molecular complexity index is 1550. The number of ether oxygens (including phenoxy) is 2. The van der Waals surface area contributed by atoms with Gasteiger partial charge in [0.15, 0.2) is 5.82 Å². The molecule has 10 heteroatoms. The third-order valence-corrected chi connectivity index (χ3v) is 8.34.